The first kappa shape index (κ1) is 16.8. The van der Waals surface area contributed by atoms with E-state index < -0.39 is 0 Å². The Morgan fingerprint density at radius 2 is 2.27 bits per heavy atom. The van der Waals surface area contributed by atoms with Crippen molar-refractivity contribution in [1.82, 2.24) is 20.0 Å². The largest absolute Gasteiger partial charge is 0.363 e. The van der Waals surface area contributed by atoms with E-state index in [1.807, 2.05) is 29.3 Å². The van der Waals surface area contributed by atoms with E-state index in [0.717, 1.165) is 42.6 Å². The first-order valence-corrected chi connectivity index (χ1v) is 9.11. The van der Waals surface area contributed by atoms with Gasteiger partial charge in [-0.3, -0.25) is 4.79 Å². The van der Waals surface area contributed by atoms with Gasteiger partial charge in [0.15, 0.2) is 0 Å². The number of nitrogens with zero attached hydrogens (tertiary/aromatic N) is 3. The first-order valence-electron chi connectivity index (χ1n) is 9.11. The van der Waals surface area contributed by atoms with Crippen LogP contribution in [0.2, 0.25) is 0 Å². The molecule has 4 heterocycles. The summed E-state index contributed by atoms with van der Waals surface area (Å²) in [5.41, 5.74) is 3.11. The molecule has 0 radical (unpaired) electrons. The first-order chi connectivity index (χ1) is 12.4. The molecule has 3 aromatic heterocycles. The van der Waals surface area contributed by atoms with Crippen molar-refractivity contribution in [2.45, 2.75) is 46.1 Å². The average molecular weight is 352 g/mol. The molecule has 1 saturated heterocycles. The summed E-state index contributed by atoms with van der Waals surface area (Å²) in [6.07, 6.45) is 6.26. The minimum atomic E-state index is 0.0133. The third-order valence-electron chi connectivity index (χ3n) is 4.84. The van der Waals surface area contributed by atoms with Crippen molar-refractivity contribution in [3.05, 3.63) is 47.5 Å². The van der Waals surface area contributed by atoms with Crippen LogP contribution in [0.4, 0.5) is 0 Å². The van der Waals surface area contributed by atoms with Gasteiger partial charge in [0.25, 0.3) is 11.6 Å². The van der Waals surface area contributed by atoms with E-state index in [1.165, 1.54) is 0 Å². The smallest absolute Gasteiger partial charge is 0.257 e. The zero-order valence-corrected chi connectivity index (χ0v) is 15.5. The number of aromatic amines is 1. The molecule has 0 spiro atoms. The Balaban J connectivity index is 1.65. The zero-order chi connectivity index (χ0) is 18.3. The predicted molar refractivity (Wildman–Crippen MR) is 98.8 cm³/mol. The third-order valence-corrected chi connectivity index (χ3v) is 4.84. The summed E-state index contributed by atoms with van der Waals surface area (Å²) in [4.78, 5) is 22.6. The number of fused-ring (bicyclic) bond motifs is 1. The number of likely N-dealkylation sites (tertiary alicyclic amines) is 1. The van der Waals surface area contributed by atoms with E-state index in [1.54, 1.807) is 6.20 Å². The Morgan fingerprint density at radius 3 is 3.00 bits per heavy atom. The molecule has 4 rings (SSSR count). The minimum absolute atomic E-state index is 0.0133. The number of hydrogen-bond acceptors (Lipinski definition) is 4. The van der Waals surface area contributed by atoms with Crippen LogP contribution < -0.4 is 0 Å². The standard InChI is InChI=1S/C20H24N4O2/c1-20(2,3)11-16-14-10-13(12-22-18(14)26-23-16)19(25)24-9-5-7-17(24)15-6-4-8-21-15/h4,6,8,10,12,17,21H,5,7,9,11H2,1-3H3. The highest BCUT2D eigenvalue weighted by Gasteiger charge is 2.31. The maximum atomic E-state index is 13.1. The second-order valence-corrected chi connectivity index (χ2v) is 8.23. The molecular formula is C20H24N4O2. The fourth-order valence-electron chi connectivity index (χ4n) is 3.68. The van der Waals surface area contributed by atoms with Gasteiger partial charge in [0, 0.05) is 24.6 Å². The average Bonchev–Trinajstić information content (AvgIpc) is 3.33. The van der Waals surface area contributed by atoms with Crippen LogP contribution in [0.15, 0.2) is 35.1 Å². The van der Waals surface area contributed by atoms with Crippen LogP contribution in [0.1, 0.15) is 61.4 Å². The fourth-order valence-corrected chi connectivity index (χ4v) is 3.68. The highest BCUT2D eigenvalue weighted by molar-refractivity contribution is 5.97. The highest BCUT2D eigenvalue weighted by atomic mass is 16.5. The molecule has 0 aliphatic carbocycles. The number of pyridine rings is 1. The van der Waals surface area contributed by atoms with E-state index in [2.05, 4.69) is 35.9 Å². The van der Waals surface area contributed by atoms with Gasteiger partial charge >= 0.3 is 0 Å². The molecule has 0 bridgehead atoms. The highest BCUT2D eigenvalue weighted by Crippen LogP contribution is 2.33. The van der Waals surface area contributed by atoms with Crippen molar-refractivity contribution >= 4 is 17.0 Å². The van der Waals surface area contributed by atoms with E-state index in [0.29, 0.717) is 11.3 Å². The van der Waals surface area contributed by atoms with E-state index in [9.17, 15) is 4.79 Å². The van der Waals surface area contributed by atoms with Gasteiger partial charge in [0.05, 0.1) is 22.7 Å². The van der Waals surface area contributed by atoms with Crippen LogP contribution >= 0.6 is 0 Å². The van der Waals surface area contributed by atoms with Crippen LogP contribution in [-0.2, 0) is 6.42 Å². The van der Waals surface area contributed by atoms with Gasteiger partial charge in [-0.05, 0) is 42.9 Å². The molecule has 1 aliphatic rings. The Hall–Kier alpha value is -2.63. The molecule has 1 unspecified atom stereocenters. The number of H-pyrrole nitrogens is 1. The molecule has 1 N–H and O–H groups in total. The van der Waals surface area contributed by atoms with Crippen molar-refractivity contribution in [3.8, 4) is 0 Å². The summed E-state index contributed by atoms with van der Waals surface area (Å²) < 4.78 is 5.34. The summed E-state index contributed by atoms with van der Waals surface area (Å²) in [7, 11) is 0. The lowest BCUT2D eigenvalue weighted by molar-refractivity contribution is 0.0733. The van der Waals surface area contributed by atoms with Gasteiger partial charge in [-0.25, -0.2) is 4.98 Å². The molecule has 0 saturated carbocycles. The van der Waals surface area contributed by atoms with Crippen molar-refractivity contribution in [1.29, 1.82) is 0 Å². The van der Waals surface area contributed by atoms with Gasteiger partial charge in [-0.15, -0.1) is 0 Å². The van der Waals surface area contributed by atoms with Gasteiger partial charge in [0.2, 0.25) is 0 Å². The lowest BCUT2D eigenvalue weighted by Gasteiger charge is -2.24. The summed E-state index contributed by atoms with van der Waals surface area (Å²) >= 11 is 0. The van der Waals surface area contributed by atoms with Crippen LogP contribution in [0.3, 0.4) is 0 Å². The lowest BCUT2D eigenvalue weighted by Crippen LogP contribution is -2.30. The Bertz CT molecular complexity index is 921. The second kappa shape index (κ2) is 6.27. The number of aromatic nitrogens is 3. The molecule has 26 heavy (non-hydrogen) atoms. The van der Waals surface area contributed by atoms with E-state index in [4.69, 9.17) is 4.52 Å². The number of nitrogens with one attached hydrogen (secondary N) is 1. The summed E-state index contributed by atoms with van der Waals surface area (Å²) in [5, 5.41) is 5.00. The fraction of sp³-hybridized carbons (Fsp3) is 0.450. The van der Waals surface area contributed by atoms with Gasteiger partial charge < -0.3 is 14.4 Å². The van der Waals surface area contributed by atoms with Gasteiger partial charge in [-0.1, -0.05) is 25.9 Å². The molecule has 0 aromatic carbocycles. The zero-order valence-electron chi connectivity index (χ0n) is 15.5. The molecular weight excluding hydrogens is 328 g/mol. The molecule has 1 atom stereocenters. The van der Waals surface area contributed by atoms with Crippen LogP contribution in [-0.4, -0.2) is 32.5 Å². The number of hydrogen-bond donors (Lipinski definition) is 1. The minimum Gasteiger partial charge on any atom is -0.363 e. The molecule has 1 aliphatic heterocycles. The van der Waals surface area contributed by atoms with E-state index >= 15 is 0 Å². The number of carbonyl (C=O) groups excluding carboxylic acids is 1. The Morgan fingerprint density at radius 1 is 1.42 bits per heavy atom. The number of amides is 1. The Kier molecular flexibility index (Phi) is 4.05. The monoisotopic (exact) mass is 352 g/mol. The maximum Gasteiger partial charge on any atom is 0.257 e. The normalized spacial score (nSPS) is 18.0. The third kappa shape index (κ3) is 3.11. The Labute approximate surface area is 152 Å². The number of carbonyl (C=O) groups is 1. The van der Waals surface area contributed by atoms with Gasteiger partial charge in [0.1, 0.15) is 0 Å². The summed E-state index contributed by atoms with van der Waals surface area (Å²) in [5.74, 6) is 0.0133. The second-order valence-electron chi connectivity index (χ2n) is 8.23. The van der Waals surface area contributed by atoms with Crippen molar-refractivity contribution in [3.63, 3.8) is 0 Å². The maximum absolute atomic E-state index is 13.1. The molecule has 1 fully saturated rings. The topological polar surface area (TPSA) is 75.0 Å². The van der Waals surface area contributed by atoms with E-state index in [-0.39, 0.29) is 17.4 Å². The van der Waals surface area contributed by atoms with Crippen LogP contribution in [0.25, 0.3) is 11.1 Å². The predicted octanol–water partition coefficient (Wildman–Crippen LogP) is 4.12. The summed E-state index contributed by atoms with van der Waals surface area (Å²) in [6, 6.07) is 6.00. The van der Waals surface area contributed by atoms with Gasteiger partial charge in [-0.2, -0.15) is 0 Å². The van der Waals surface area contributed by atoms with Crippen LogP contribution in [0, 0.1) is 5.41 Å². The number of rotatable bonds is 3. The molecule has 3 aromatic rings. The van der Waals surface area contributed by atoms with Crippen molar-refractivity contribution in [2.75, 3.05) is 6.54 Å². The quantitative estimate of drug-likeness (QED) is 0.769. The molecule has 6 heteroatoms. The molecule has 136 valence electrons. The lowest BCUT2D eigenvalue weighted by atomic mass is 9.90. The van der Waals surface area contributed by atoms with Crippen molar-refractivity contribution in [2.24, 2.45) is 5.41 Å². The van der Waals surface area contributed by atoms with Crippen LogP contribution in [0.5, 0.6) is 0 Å². The summed E-state index contributed by atoms with van der Waals surface area (Å²) in [6.45, 7) is 7.22. The molecule has 6 nitrogen and oxygen atoms in total. The SMILES string of the molecule is CC(C)(C)Cc1noc2ncc(C(=O)N3CCCC3c3ccc[nH]3)cc12. The molecule has 1 amide bonds. The van der Waals surface area contributed by atoms with Crippen molar-refractivity contribution < 1.29 is 9.32 Å².